The summed E-state index contributed by atoms with van der Waals surface area (Å²) in [6.45, 7) is 2.24. The average Bonchev–Trinajstić information content (AvgIpc) is 3.02. The second-order valence-electron chi connectivity index (χ2n) is 9.37. The number of fused-ring (bicyclic) bond motifs is 1. The SMILES string of the molecule is COc1ccc2c(CC(=O)NC(C)C34CC5CC(CC(C5)C3)C4)coc2c1. The Hall–Kier alpha value is -1.97. The zero-order valence-electron chi connectivity index (χ0n) is 16.3. The zero-order chi connectivity index (χ0) is 18.6. The van der Waals surface area contributed by atoms with Crippen molar-refractivity contribution < 1.29 is 13.9 Å². The maximum absolute atomic E-state index is 12.8. The van der Waals surface area contributed by atoms with Crippen LogP contribution >= 0.6 is 0 Å². The summed E-state index contributed by atoms with van der Waals surface area (Å²) >= 11 is 0. The van der Waals surface area contributed by atoms with Crippen molar-refractivity contribution >= 4 is 16.9 Å². The molecule has 1 amide bonds. The second-order valence-corrected chi connectivity index (χ2v) is 9.37. The van der Waals surface area contributed by atoms with E-state index >= 15 is 0 Å². The summed E-state index contributed by atoms with van der Waals surface area (Å²) < 4.78 is 10.9. The fourth-order valence-corrected chi connectivity index (χ4v) is 6.65. The molecule has 0 spiro atoms. The van der Waals surface area contributed by atoms with Crippen LogP contribution in [0.3, 0.4) is 0 Å². The molecule has 0 aliphatic heterocycles. The Morgan fingerprint density at radius 3 is 2.52 bits per heavy atom. The first-order valence-corrected chi connectivity index (χ1v) is 10.4. The number of hydrogen-bond acceptors (Lipinski definition) is 3. The van der Waals surface area contributed by atoms with E-state index in [-0.39, 0.29) is 11.9 Å². The Bertz CT molecular complexity index is 832. The highest BCUT2D eigenvalue weighted by Crippen LogP contribution is 2.61. The van der Waals surface area contributed by atoms with E-state index in [1.165, 1.54) is 38.5 Å². The Kier molecular flexibility index (Phi) is 3.99. The van der Waals surface area contributed by atoms with Crippen LogP contribution in [0.2, 0.25) is 0 Å². The van der Waals surface area contributed by atoms with Gasteiger partial charge >= 0.3 is 0 Å². The second kappa shape index (κ2) is 6.29. The van der Waals surface area contributed by atoms with E-state index in [1.54, 1.807) is 13.4 Å². The lowest BCUT2D eigenvalue weighted by Crippen LogP contribution is -2.56. The molecule has 4 aliphatic rings. The summed E-state index contributed by atoms with van der Waals surface area (Å²) in [7, 11) is 1.64. The number of furan rings is 1. The standard InChI is InChI=1S/C23H29NO3/c1-14(23-10-15-5-16(11-23)7-17(6-15)12-23)24-22(25)8-18-13-27-21-9-19(26-2)3-4-20(18)21/h3-4,9,13-17H,5-8,10-12H2,1-2H3,(H,24,25). The van der Waals surface area contributed by atoms with Crippen LogP contribution in [0.4, 0.5) is 0 Å². The van der Waals surface area contributed by atoms with E-state index in [0.29, 0.717) is 11.8 Å². The Labute approximate surface area is 160 Å². The summed E-state index contributed by atoms with van der Waals surface area (Å²) in [6.07, 6.45) is 10.3. The van der Waals surface area contributed by atoms with Gasteiger partial charge in [-0.2, -0.15) is 0 Å². The molecule has 1 N–H and O–H groups in total. The van der Waals surface area contributed by atoms with Crippen LogP contribution in [0, 0.1) is 23.2 Å². The Morgan fingerprint density at radius 1 is 1.22 bits per heavy atom. The van der Waals surface area contributed by atoms with Crippen molar-refractivity contribution in [2.45, 2.75) is 57.9 Å². The predicted octanol–water partition coefficient (Wildman–Crippen LogP) is 4.71. The molecule has 2 aromatic rings. The number of rotatable bonds is 5. The van der Waals surface area contributed by atoms with Crippen molar-refractivity contribution in [3.63, 3.8) is 0 Å². The predicted molar refractivity (Wildman–Crippen MR) is 105 cm³/mol. The molecule has 4 heteroatoms. The molecule has 1 atom stereocenters. The first-order valence-electron chi connectivity index (χ1n) is 10.4. The zero-order valence-corrected chi connectivity index (χ0v) is 16.3. The fraction of sp³-hybridized carbons (Fsp3) is 0.609. The molecule has 0 radical (unpaired) electrons. The van der Waals surface area contributed by atoms with E-state index in [1.807, 2.05) is 18.2 Å². The van der Waals surface area contributed by atoms with E-state index in [2.05, 4.69) is 12.2 Å². The molecular formula is C23H29NO3. The molecule has 0 saturated heterocycles. The number of hydrogen-bond donors (Lipinski definition) is 1. The normalized spacial score (nSPS) is 32.6. The van der Waals surface area contributed by atoms with Gasteiger partial charge in [0.05, 0.1) is 19.8 Å². The molecule has 1 aromatic carbocycles. The first kappa shape index (κ1) is 17.2. The van der Waals surface area contributed by atoms with Gasteiger partial charge in [0.1, 0.15) is 11.3 Å². The topological polar surface area (TPSA) is 51.5 Å². The van der Waals surface area contributed by atoms with Gasteiger partial charge in [0.2, 0.25) is 5.91 Å². The first-order chi connectivity index (χ1) is 13.0. The smallest absolute Gasteiger partial charge is 0.224 e. The van der Waals surface area contributed by atoms with Gasteiger partial charge in [0.15, 0.2) is 0 Å². The number of carbonyl (C=O) groups is 1. The molecule has 4 aliphatic carbocycles. The molecule has 4 bridgehead atoms. The van der Waals surface area contributed by atoms with E-state index in [9.17, 15) is 4.79 Å². The summed E-state index contributed by atoms with van der Waals surface area (Å²) in [5.41, 5.74) is 2.06. The summed E-state index contributed by atoms with van der Waals surface area (Å²) in [5, 5.41) is 4.35. The molecular weight excluding hydrogens is 338 g/mol. The minimum atomic E-state index is 0.108. The third kappa shape index (κ3) is 2.94. The van der Waals surface area contributed by atoms with Crippen molar-refractivity contribution in [2.24, 2.45) is 23.2 Å². The summed E-state index contributed by atoms with van der Waals surface area (Å²) in [6, 6.07) is 6.02. The molecule has 144 valence electrons. The van der Waals surface area contributed by atoms with Crippen LogP contribution < -0.4 is 10.1 Å². The Balaban J connectivity index is 1.28. The average molecular weight is 367 g/mol. The minimum Gasteiger partial charge on any atom is -0.497 e. The molecule has 27 heavy (non-hydrogen) atoms. The van der Waals surface area contributed by atoms with Crippen molar-refractivity contribution in [3.8, 4) is 5.75 Å². The van der Waals surface area contributed by atoms with E-state index in [0.717, 1.165) is 40.0 Å². The van der Waals surface area contributed by atoms with E-state index in [4.69, 9.17) is 9.15 Å². The number of carbonyl (C=O) groups excluding carboxylic acids is 1. The highest BCUT2D eigenvalue weighted by molar-refractivity contribution is 5.88. The fourth-order valence-electron chi connectivity index (χ4n) is 6.65. The van der Waals surface area contributed by atoms with Crippen LogP contribution in [0.25, 0.3) is 11.0 Å². The van der Waals surface area contributed by atoms with Gasteiger partial charge in [0.25, 0.3) is 0 Å². The summed E-state index contributed by atoms with van der Waals surface area (Å²) in [5.74, 6) is 3.59. The summed E-state index contributed by atoms with van der Waals surface area (Å²) in [4.78, 5) is 12.8. The van der Waals surface area contributed by atoms with E-state index < -0.39 is 0 Å². The maximum Gasteiger partial charge on any atom is 0.224 e. The van der Waals surface area contributed by atoms with Gasteiger partial charge in [0, 0.05) is 23.1 Å². The largest absolute Gasteiger partial charge is 0.497 e. The lowest BCUT2D eigenvalue weighted by molar-refractivity contribution is -0.125. The van der Waals surface area contributed by atoms with Gasteiger partial charge in [-0.05, 0) is 80.8 Å². The van der Waals surface area contributed by atoms with Gasteiger partial charge in [-0.15, -0.1) is 0 Å². The molecule has 4 saturated carbocycles. The van der Waals surface area contributed by atoms with Crippen LogP contribution in [0.1, 0.15) is 51.0 Å². The minimum absolute atomic E-state index is 0.108. The number of nitrogens with one attached hydrogen (secondary N) is 1. The lowest BCUT2D eigenvalue weighted by Gasteiger charge is -2.59. The van der Waals surface area contributed by atoms with Crippen LogP contribution in [-0.2, 0) is 11.2 Å². The maximum atomic E-state index is 12.8. The lowest BCUT2D eigenvalue weighted by atomic mass is 9.48. The molecule has 4 nitrogen and oxygen atoms in total. The van der Waals surface area contributed by atoms with Gasteiger partial charge in [-0.3, -0.25) is 4.79 Å². The molecule has 6 rings (SSSR count). The van der Waals surface area contributed by atoms with Crippen LogP contribution in [0.15, 0.2) is 28.9 Å². The van der Waals surface area contributed by atoms with Crippen LogP contribution in [0.5, 0.6) is 5.75 Å². The number of ether oxygens (including phenoxy) is 1. The van der Waals surface area contributed by atoms with Gasteiger partial charge < -0.3 is 14.5 Å². The van der Waals surface area contributed by atoms with Crippen LogP contribution in [-0.4, -0.2) is 19.1 Å². The van der Waals surface area contributed by atoms with Crippen molar-refractivity contribution in [3.05, 3.63) is 30.0 Å². The van der Waals surface area contributed by atoms with Crippen molar-refractivity contribution in [2.75, 3.05) is 7.11 Å². The number of benzene rings is 1. The monoisotopic (exact) mass is 367 g/mol. The van der Waals surface area contributed by atoms with Crippen molar-refractivity contribution in [1.29, 1.82) is 0 Å². The van der Waals surface area contributed by atoms with Crippen molar-refractivity contribution in [1.82, 2.24) is 5.32 Å². The number of amides is 1. The molecule has 1 unspecified atom stereocenters. The molecule has 1 heterocycles. The van der Waals surface area contributed by atoms with Gasteiger partial charge in [-0.1, -0.05) is 0 Å². The highest BCUT2D eigenvalue weighted by Gasteiger charge is 2.53. The molecule has 1 aromatic heterocycles. The molecule has 4 fully saturated rings. The van der Waals surface area contributed by atoms with Gasteiger partial charge in [-0.25, -0.2) is 0 Å². The number of methoxy groups -OCH3 is 1. The quantitative estimate of drug-likeness (QED) is 0.833. The highest BCUT2D eigenvalue weighted by atomic mass is 16.5. The third-order valence-corrected chi connectivity index (χ3v) is 7.60. The third-order valence-electron chi connectivity index (χ3n) is 7.60. The Morgan fingerprint density at radius 2 is 1.89 bits per heavy atom.